The number of benzene rings is 8. The first-order chi connectivity index (χ1) is 24.3. The Morgan fingerprint density at radius 3 is 2.02 bits per heavy atom. The van der Waals surface area contributed by atoms with Gasteiger partial charge in [0.25, 0.3) is 0 Å². The fourth-order valence-corrected chi connectivity index (χ4v) is 7.13. The third-order valence-electron chi connectivity index (χ3n) is 9.43. The molecule has 0 spiro atoms. The smallest absolute Gasteiger partial charge is 0.137 e. The van der Waals surface area contributed by atoms with E-state index in [9.17, 15) is 0 Å². The van der Waals surface area contributed by atoms with Gasteiger partial charge in [0.05, 0.1) is 16.8 Å². The number of hydrogen-bond acceptors (Lipinski definition) is 4. The van der Waals surface area contributed by atoms with Gasteiger partial charge in [-0.2, -0.15) is 4.80 Å². The normalized spacial score (nSPS) is 11.7. The maximum atomic E-state index is 6.34. The van der Waals surface area contributed by atoms with E-state index in [1.54, 1.807) is 4.80 Å². The van der Waals surface area contributed by atoms with Crippen LogP contribution in [-0.4, -0.2) is 15.0 Å². The van der Waals surface area contributed by atoms with Crippen molar-refractivity contribution in [2.75, 3.05) is 4.90 Å². The molecule has 49 heavy (non-hydrogen) atoms. The second-order valence-electron chi connectivity index (χ2n) is 12.3. The third-order valence-corrected chi connectivity index (χ3v) is 9.43. The van der Waals surface area contributed by atoms with E-state index < -0.39 is 0 Å². The van der Waals surface area contributed by atoms with Gasteiger partial charge < -0.3 is 9.32 Å². The zero-order valence-corrected chi connectivity index (χ0v) is 26.4. The number of furan rings is 1. The van der Waals surface area contributed by atoms with Crippen molar-refractivity contribution in [1.29, 1.82) is 0 Å². The van der Waals surface area contributed by atoms with E-state index in [-0.39, 0.29) is 0 Å². The lowest BCUT2D eigenvalue weighted by Gasteiger charge is -2.27. The summed E-state index contributed by atoms with van der Waals surface area (Å²) in [6.45, 7) is 0. The maximum Gasteiger partial charge on any atom is 0.137 e. The highest BCUT2D eigenvalue weighted by molar-refractivity contribution is 6.19. The average Bonchev–Trinajstić information content (AvgIpc) is 3.78. The molecule has 0 saturated heterocycles. The Bertz CT molecular complexity index is 2820. The topological polar surface area (TPSA) is 47.1 Å². The standard InChI is InChI=1S/C44H28N4O/c1-3-10-29(11-4-1)30-20-23-33(24-21-30)47(39-15-9-17-41-43(39)37-14-7-8-16-40(37)49-41)35-25-26-36-32(28-35)19-18-31-22-27-38-44(42(31)36)46-48(45-38)34-12-5-2-6-13-34/h1-28H. The van der Waals surface area contributed by atoms with E-state index in [1.807, 2.05) is 42.5 Å². The number of nitrogens with zero attached hydrogens (tertiary/aromatic N) is 4. The first kappa shape index (κ1) is 27.4. The molecule has 0 radical (unpaired) electrons. The summed E-state index contributed by atoms with van der Waals surface area (Å²) in [5, 5.41) is 16.5. The molecule has 10 rings (SSSR count). The van der Waals surface area contributed by atoms with Crippen molar-refractivity contribution >= 4 is 71.6 Å². The second kappa shape index (κ2) is 10.9. The third kappa shape index (κ3) is 4.48. The molecule has 2 heterocycles. The Labute approximate surface area is 281 Å². The molecule has 0 N–H and O–H groups in total. The Balaban J connectivity index is 1.18. The molecule has 5 heteroatoms. The number of para-hydroxylation sites is 2. The molecule has 0 unspecified atom stereocenters. The van der Waals surface area contributed by atoms with Crippen molar-refractivity contribution in [2.45, 2.75) is 0 Å². The molecule has 0 bridgehead atoms. The van der Waals surface area contributed by atoms with Gasteiger partial charge in [0.2, 0.25) is 0 Å². The summed E-state index contributed by atoms with van der Waals surface area (Å²) in [7, 11) is 0. The van der Waals surface area contributed by atoms with Crippen LogP contribution >= 0.6 is 0 Å². The lowest BCUT2D eigenvalue weighted by atomic mass is 9.99. The highest BCUT2D eigenvalue weighted by Gasteiger charge is 2.20. The second-order valence-corrected chi connectivity index (χ2v) is 12.3. The van der Waals surface area contributed by atoms with Crippen LogP contribution in [0, 0.1) is 0 Å². The van der Waals surface area contributed by atoms with Gasteiger partial charge in [0.1, 0.15) is 22.2 Å². The SMILES string of the molecule is c1ccc(-c2ccc(N(c3ccc4c(ccc5ccc6nn(-c7ccccc7)nc6c54)c3)c3cccc4oc5ccccc5c34)cc2)cc1. The molecule has 0 saturated carbocycles. The maximum absolute atomic E-state index is 6.34. The Kier molecular flexibility index (Phi) is 6.11. The van der Waals surface area contributed by atoms with Crippen LogP contribution in [0.3, 0.4) is 0 Å². The molecule has 0 amide bonds. The van der Waals surface area contributed by atoms with Crippen molar-refractivity contribution in [3.63, 3.8) is 0 Å². The number of hydrogen-bond donors (Lipinski definition) is 0. The predicted octanol–water partition coefficient (Wildman–Crippen LogP) is 11.8. The highest BCUT2D eigenvalue weighted by Crippen LogP contribution is 2.44. The molecule has 10 aromatic rings. The van der Waals surface area contributed by atoms with Crippen LogP contribution in [0.2, 0.25) is 0 Å². The lowest BCUT2D eigenvalue weighted by Crippen LogP contribution is -2.10. The van der Waals surface area contributed by atoms with Gasteiger partial charge in [-0.05, 0) is 87.9 Å². The first-order valence-electron chi connectivity index (χ1n) is 16.4. The lowest BCUT2D eigenvalue weighted by molar-refractivity contribution is 0.669. The van der Waals surface area contributed by atoms with Gasteiger partial charge in [-0.25, -0.2) is 0 Å². The Morgan fingerprint density at radius 1 is 0.469 bits per heavy atom. The monoisotopic (exact) mass is 628 g/mol. The first-order valence-corrected chi connectivity index (χ1v) is 16.4. The van der Waals surface area contributed by atoms with E-state index in [4.69, 9.17) is 14.6 Å². The molecule has 2 aromatic heterocycles. The largest absolute Gasteiger partial charge is 0.456 e. The zero-order valence-electron chi connectivity index (χ0n) is 26.4. The van der Waals surface area contributed by atoms with Crippen LogP contribution in [0.5, 0.6) is 0 Å². The predicted molar refractivity (Wildman–Crippen MR) is 201 cm³/mol. The Hall–Kier alpha value is -6.72. The van der Waals surface area contributed by atoms with Crippen LogP contribution in [-0.2, 0) is 0 Å². The molecule has 0 aliphatic carbocycles. The molecule has 0 aliphatic rings. The van der Waals surface area contributed by atoms with E-state index in [0.29, 0.717) is 0 Å². The van der Waals surface area contributed by atoms with E-state index in [2.05, 4.69) is 132 Å². The summed E-state index contributed by atoms with van der Waals surface area (Å²) < 4.78 is 6.34. The molecule has 0 fully saturated rings. The van der Waals surface area contributed by atoms with Gasteiger partial charge >= 0.3 is 0 Å². The van der Waals surface area contributed by atoms with Crippen molar-refractivity contribution < 1.29 is 4.42 Å². The number of rotatable bonds is 5. The molecule has 5 nitrogen and oxygen atoms in total. The quantitative estimate of drug-likeness (QED) is 0.178. The molecule has 0 aliphatic heterocycles. The molecule has 8 aromatic carbocycles. The van der Waals surface area contributed by atoms with Crippen molar-refractivity contribution in [1.82, 2.24) is 15.0 Å². The minimum atomic E-state index is 0.861. The van der Waals surface area contributed by atoms with Crippen LogP contribution in [0.25, 0.3) is 71.3 Å². The highest BCUT2D eigenvalue weighted by atomic mass is 16.3. The van der Waals surface area contributed by atoms with E-state index in [0.717, 1.165) is 77.3 Å². The van der Waals surface area contributed by atoms with Gasteiger partial charge in [0, 0.05) is 22.1 Å². The molecular formula is C44H28N4O. The van der Waals surface area contributed by atoms with Crippen molar-refractivity contribution in [2.24, 2.45) is 0 Å². The minimum Gasteiger partial charge on any atom is -0.456 e. The van der Waals surface area contributed by atoms with E-state index >= 15 is 0 Å². The summed E-state index contributed by atoms with van der Waals surface area (Å²) >= 11 is 0. The van der Waals surface area contributed by atoms with E-state index in [1.165, 1.54) is 11.1 Å². The number of anilines is 3. The van der Waals surface area contributed by atoms with Gasteiger partial charge in [-0.15, -0.1) is 10.2 Å². The fraction of sp³-hybridized carbons (Fsp3) is 0. The summed E-state index contributed by atoms with van der Waals surface area (Å²) in [5.74, 6) is 0. The minimum absolute atomic E-state index is 0.861. The van der Waals surface area contributed by atoms with Gasteiger partial charge in [0.15, 0.2) is 0 Å². The van der Waals surface area contributed by atoms with Crippen LogP contribution in [0.1, 0.15) is 0 Å². The van der Waals surface area contributed by atoms with Crippen LogP contribution in [0.15, 0.2) is 174 Å². The summed E-state index contributed by atoms with van der Waals surface area (Å²) in [5.41, 5.74) is 9.97. The van der Waals surface area contributed by atoms with Gasteiger partial charge in [-0.1, -0.05) is 109 Å². The van der Waals surface area contributed by atoms with Crippen LogP contribution in [0.4, 0.5) is 17.1 Å². The molecular weight excluding hydrogens is 601 g/mol. The van der Waals surface area contributed by atoms with Crippen molar-refractivity contribution in [3.05, 3.63) is 170 Å². The average molecular weight is 629 g/mol. The number of fused-ring (bicyclic) bond motifs is 8. The Morgan fingerprint density at radius 2 is 1.16 bits per heavy atom. The molecule has 0 atom stereocenters. The number of aromatic nitrogens is 3. The summed E-state index contributed by atoms with van der Waals surface area (Å²) in [4.78, 5) is 4.07. The fourth-order valence-electron chi connectivity index (χ4n) is 7.13. The summed E-state index contributed by atoms with van der Waals surface area (Å²) in [6.07, 6.45) is 0. The summed E-state index contributed by atoms with van der Waals surface area (Å²) in [6, 6.07) is 59.3. The van der Waals surface area contributed by atoms with Gasteiger partial charge in [-0.3, -0.25) is 0 Å². The molecule has 230 valence electrons. The van der Waals surface area contributed by atoms with Crippen LogP contribution < -0.4 is 4.90 Å². The van der Waals surface area contributed by atoms with Crippen molar-refractivity contribution in [3.8, 4) is 16.8 Å². The zero-order chi connectivity index (χ0) is 32.3.